The highest BCUT2D eigenvalue weighted by Crippen LogP contribution is 2.57. The molecule has 1 aliphatic carbocycles. The van der Waals surface area contributed by atoms with Crippen LogP contribution < -0.4 is 0 Å². The van der Waals surface area contributed by atoms with E-state index >= 15 is 0 Å². The minimum Gasteiger partial charge on any atom is -0.0651 e. The van der Waals surface area contributed by atoms with Gasteiger partial charge in [0.15, 0.2) is 0 Å². The lowest BCUT2D eigenvalue weighted by atomic mass is 10.0. The fraction of sp³-hybridized carbons (Fsp3) is 0.538. The Morgan fingerprint density at radius 3 is 2.57 bits per heavy atom. The zero-order valence-electron chi connectivity index (χ0n) is 9.05. The van der Waals surface area contributed by atoms with Crippen molar-refractivity contribution in [1.82, 2.24) is 0 Å². The summed E-state index contributed by atoms with van der Waals surface area (Å²) in [6.45, 7) is 6.89. The van der Waals surface area contributed by atoms with Gasteiger partial charge in [0, 0.05) is 4.47 Å². The van der Waals surface area contributed by atoms with E-state index in [0.29, 0.717) is 0 Å². The summed E-state index contributed by atoms with van der Waals surface area (Å²) in [7, 11) is 0. The summed E-state index contributed by atoms with van der Waals surface area (Å²) in [5.74, 6) is 2.58. The van der Waals surface area contributed by atoms with E-state index in [0.717, 1.165) is 17.8 Å². The highest BCUT2D eigenvalue weighted by Gasteiger charge is 2.47. The van der Waals surface area contributed by atoms with Gasteiger partial charge in [-0.05, 0) is 41.9 Å². The predicted octanol–water partition coefficient (Wildman–Crippen LogP) is 4.52. The molecular formula is C13H17Br. The third-order valence-electron chi connectivity index (χ3n) is 3.64. The molecule has 0 amide bonds. The lowest BCUT2D eigenvalue weighted by Gasteiger charge is -2.07. The number of rotatable bonds is 2. The first-order valence-corrected chi connectivity index (χ1v) is 6.21. The Morgan fingerprint density at radius 1 is 1.36 bits per heavy atom. The molecule has 0 saturated heterocycles. The fourth-order valence-electron chi connectivity index (χ4n) is 2.72. The molecule has 0 spiro atoms. The van der Waals surface area contributed by atoms with Crippen molar-refractivity contribution >= 4 is 15.9 Å². The minimum atomic E-state index is 0.801. The molecule has 76 valence electrons. The van der Waals surface area contributed by atoms with Crippen LogP contribution in [0.15, 0.2) is 22.7 Å². The van der Waals surface area contributed by atoms with E-state index in [9.17, 15) is 0 Å². The molecule has 1 fully saturated rings. The number of hydrogen-bond acceptors (Lipinski definition) is 0. The van der Waals surface area contributed by atoms with Gasteiger partial charge in [-0.15, -0.1) is 0 Å². The van der Waals surface area contributed by atoms with E-state index in [2.05, 4.69) is 54.9 Å². The van der Waals surface area contributed by atoms with Crippen molar-refractivity contribution in [2.24, 2.45) is 11.8 Å². The molecule has 1 saturated carbocycles. The van der Waals surface area contributed by atoms with Crippen LogP contribution in [0.25, 0.3) is 0 Å². The highest BCUT2D eigenvalue weighted by molar-refractivity contribution is 9.10. The van der Waals surface area contributed by atoms with Gasteiger partial charge in [-0.25, -0.2) is 0 Å². The molecule has 0 nitrogen and oxygen atoms in total. The van der Waals surface area contributed by atoms with Gasteiger partial charge in [0.05, 0.1) is 0 Å². The van der Waals surface area contributed by atoms with Crippen LogP contribution >= 0.6 is 15.9 Å². The van der Waals surface area contributed by atoms with E-state index in [-0.39, 0.29) is 0 Å². The molecule has 1 aromatic rings. The Balaban J connectivity index is 2.34. The van der Waals surface area contributed by atoms with Crippen molar-refractivity contribution in [3.05, 3.63) is 33.8 Å². The molecule has 3 unspecified atom stereocenters. The average Bonchev–Trinajstić information content (AvgIpc) is 2.76. The van der Waals surface area contributed by atoms with Gasteiger partial charge >= 0.3 is 0 Å². The second-order valence-corrected chi connectivity index (χ2v) is 5.28. The summed E-state index contributed by atoms with van der Waals surface area (Å²) < 4.78 is 1.30. The molecule has 14 heavy (non-hydrogen) atoms. The van der Waals surface area contributed by atoms with Crippen LogP contribution in [0.2, 0.25) is 0 Å². The predicted molar refractivity (Wildman–Crippen MR) is 64.6 cm³/mol. The van der Waals surface area contributed by atoms with E-state index < -0.39 is 0 Å². The van der Waals surface area contributed by atoms with E-state index in [1.54, 1.807) is 5.56 Å². The van der Waals surface area contributed by atoms with Crippen LogP contribution in [0, 0.1) is 18.8 Å². The van der Waals surface area contributed by atoms with Crippen molar-refractivity contribution in [2.75, 3.05) is 0 Å². The topological polar surface area (TPSA) is 0 Å². The molecule has 1 aliphatic rings. The Bertz CT molecular complexity index is 323. The first-order chi connectivity index (χ1) is 6.66. The van der Waals surface area contributed by atoms with Crippen LogP contribution in [-0.2, 0) is 0 Å². The summed E-state index contributed by atoms with van der Waals surface area (Å²) in [5.41, 5.74) is 2.99. The summed E-state index contributed by atoms with van der Waals surface area (Å²) in [5, 5.41) is 0. The minimum absolute atomic E-state index is 0.801. The third kappa shape index (κ3) is 1.52. The van der Waals surface area contributed by atoms with Gasteiger partial charge in [0.2, 0.25) is 0 Å². The highest BCUT2D eigenvalue weighted by atomic mass is 79.9. The van der Waals surface area contributed by atoms with Gasteiger partial charge < -0.3 is 0 Å². The summed E-state index contributed by atoms with van der Waals surface area (Å²) >= 11 is 3.67. The van der Waals surface area contributed by atoms with Crippen molar-refractivity contribution in [3.63, 3.8) is 0 Å². The molecule has 0 aliphatic heterocycles. The molecule has 0 bridgehead atoms. The van der Waals surface area contributed by atoms with Crippen molar-refractivity contribution in [1.29, 1.82) is 0 Å². The maximum absolute atomic E-state index is 3.67. The zero-order valence-corrected chi connectivity index (χ0v) is 10.6. The van der Waals surface area contributed by atoms with Crippen molar-refractivity contribution in [3.8, 4) is 0 Å². The molecule has 1 heteroatoms. The van der Waals surface area contributed by atoms with Crippen LogP contribution in [0.3, 0.4) is 0 Å². The molecule has 2 rings (SSSR count). The first kappa shape index (κ1) is 10.2. The van der Waals surface area contributed by atoms with E-state index in [1.807, 2.05) is 0 Å². The smallest absolute Gasteiger partial charge is 0.0212 e. The van der Waals surface area contributed by atoms with Crippen LogP contribution in [0.1, 0.15) is 37.3 Å². The van der Waals surface area contributed by atoms with Crippen molar-refractivity contribution in [2.45, 2.75) is 33.1 Å². The number of aryl methyl sites for hydroxylation is 1. The van der Waals surface area contributed by atoms with Gasteiger partial charge in [-0.1, -0.05) is 48.3 Å². The number of benzene rings is 1. The number of halogens is 1. The second-order valence-electron chi connectivity index (χ2n) is 4.43. The van der Waals surface area contributed by atoms with Gasteiger partial charge in [0.25, 0.3) is 0 Å². The van der Waals surface area contributed by atoms with Gasteiger partial charge in [-0.3, -0.25) is 0 Å². The van der Waals surface area contributed by atoms with Crippen LogP contribution in [0.5, 0.6) is 0 Å². The fourth-order valence-corrected chi connectivity index (χ4v) is 3.44. The van der Waals surface area contributed by atoms with Crippen LogP contribution in [0.4, 0.5) is 0 Å². The van der Waals surface area contributed by atoms with Crippen LogP contribution in [-0.4, -0.2) is 0 Å². The molecule has 0 N–H and O–H groups in total. The average molecular weight is 253 g/mol. The summed E-state index contributed by atoms with van der Waals surface area (Å²) in [6, 6.07) is 6.51. The first-order valence-electron chi connectivity index (χ1n) is 5.41. The zero-order chi connectivity index (χ0) is 10.3. The quantitative estimate of drug-likeness (QED) is 0.727. The van der Waals surface area contributed by atoms with E-state index in [4.69, 9.17) is 0 Å². The summed E-state index contributed by atoms with van der Waals surface area (Å²) in [4.78, 5) is 0. The SMILES string of the molecule is CCC1C(C)C1c1c(C)cccc1Br. The molecule has 0 aromatic heterocycles. The maximum Gasteiger partial charge on any atom is 0.0212 e. The van der Waals surface area contributed by atoms with Crippen molar-refractivity contribution < 1.29 is 0 Å². The monoisotopic (exact) mass is 252 g/mol. The third-order valence-corrected chi connectivity index (χ3v) is 4.33. The van der Waals surface area contributed by atoms with E-state index in [1.165, 1.54) is 16.5 Å². The molecule has 3 atom stereocenters. The number of hydrogen-bond donors (Lipinski definition) is 0. The standard InChI is InChI=1S/C13H17Br/c1-4-10-9(3)13(10)12-8(2)6-5-7-11(12)14/h5-7,9-10,13H,4H2,1-3H3. The largest absolute Gasteiger partial charge is 0.0651 e. The second kappa shape index (κ2) is 3.69. The molecule has 0 radical (unpaired) electrons. The Hall–Kier alpha value is -0.300. The lowest BCUT2D eigenvalue weighted by molar-refractivity contribution is 0.718. The summed E-state index contributed by atoms with van der Waals surface area (Å²) in [6.07, 6.45) is 1.31. The molecule has 0 heterocycles. The maximum atomic E-state index is 3.67. The molecular weight excluding hydrogens is 236 g/mol. The Kier molecular flexibility index (Phi) is 2.70. The normalized spacial score (nSPS) is 30.4. The Morgan fingerprint density at radius 2 is 2.07 bits per heavy atom. The van der Waals surface area contributed by atoms with Gasteiger partial charge in [0.1, 0.15) is 0 Å². The Labute approximate surface area is 94.8 Å². The molecule has 1 aromatic carbocycles. The lowest BCUT2D eigenvalue weighted by Crippen LogP contribution is -1.90. The van der Waals surface area contributed by atoms with Gasteiger partial charge in [-0.2, -0.15) is 0 Å².